The van der Waals surface area contributed by atoms with Crippen LogP contribution in [0.4, 0.5) is 14.5 Å². The van der Waals surface area contributed by atoms with Gasteiger partial charge in [0.05, 0.1) is 16.6 Å². The number of amides is 2. The molecule has 20 heavy (non-hydrogen) atoms. The molecule has 0 spiro atoms. The second-order valence-corrected chi connectivity index (χ2v) is 4.48. The number of primary amides is 1. The molecule has 3 N–H and O–H groups in total. The van der Waals surface area contributed by atoms with Gasteiger partial charge in [0.25, 0.3) is 5.91 Å². The van der Waals surface area contributed by atoms with Gasteiger partial charge in [-0.25, -0.2) is 4.39 Å². The molecule has 1 aromatic carbocycles. The molecule has 108 valence electrons. The van der Waals surface area contributed by atoms with Crippen LogP contribution in [0, 0.1) is 21.7 Å². The zero-order valence-electron chi connectivity index (χ0n) is 10.6. The molecule has 1 aromatic rings. The fraction of sp³-hybridized carbons (Fsp3) is 0.273. The van der Waals surface area contributed by atoms with Crippen molar-refractivity contribution in [3.8, 4) is 0 Å². The molecule has 0 aliphatic rings. The SMILES string of the molecule is CC(C)(NC(=O)c1cc(F)c([N+](=O)[O-])cc1F)C(N)=O. The van der Waals surface area contributed by atoms with Gasteiger partial charge in [-0.05, 0) is 19.9 Å². The van der Waals surface area contributed by atoms with Crippen LogP contribution in [0.2, 0.25) is 0 Å². The Bertz CT molecular complexity index is 602. The van der Waals surface area contributed by atoms with E-state index in [-0.39, 0.29) is 0 Å². The number of rotatable bonds is 4. The van der Waals surface area contributed by atoms with E-state index in [1.807, 2.05) is 0 Å². The normalized spacial score (nSPS) is 11.0. The van der Waals surface area contributed by atoms with Crippen LogP contribution in [0.15, 0.2) is 12.1 Å². The van der Waals surface area contributed by atoms with Crippen LogP contribution in [-0.4, -0.2) is 22.3 Å². The summed E-state index contributed by atoms with van der Waals surface area (Å²) in [6, 6.07) is 0.682. The predicted molar refractivity (Wildman–Crippen MR) is 63.8 cm³/mol. The summed E-state index contributed by atoms with van der Waals surface area (Å²) in [6.07, 6.45) is 0. The minimum Gasteiger partial charge on any atom is -0.368 e. The summed E-state index contributed by atoms with van der Waals surface area (Å²) in [5.74, 6) is -4.64. The summed E-state index contributed by atoms with van der Waals surface area (Å²) in [5, 5.41) is 12.5. The molecule has 0 radical (unpaired) electrons. The van der Waals surface area contributed by atoms with Gasteiger partial charge < -0.3 is 11.1 Å². The average Bonchev–Trinajstić information content (AvgIpc) is 2.30. The van der Waals surface area contributed by atoms with E-state index in [1.165, 1.54) is 13.8 Å². The maximum Gasteiger partial charge on any atom is 0.307 e. The van der Waals surface area contributed by atoms with Crippen molar-refractivity contribution in [2.75, 3.05) is 0 Å². The smallest absolute Gasteiger partial charge is 0.307 e. The van der Waals surface area contributed by atoms with Gasteiger partial charge in [0.15, 0.2) is 0 Å². The summed E-state index contributed by atoms with van der Waals surface area (Å²) < 4.78 is 26.9. The van der Waals surface area contributed by atoms with Gasteiger partial charge in [-0.15, -0.1) is 0 Å². The molecule has 0 aliphatic heterocycles. The third-order valence-corrected chi connectivity index (χ3v) is 2.52. The highest BCUT2D eigenvalue weighted by atomic mass is 19.1. The minimum absolute atomic E-state index is 0.293. The largest absolute Gasteiger partial charge is 0.368 e. The molecule has 0 fully saturated rings. The maximum absolute atomic E-state index is 13.6. The van der Waals surface area contributed by atoms with Crippen molar-refractivity contribution in [3.05, 3.63) is 39.4 Å². The number of nitrogens with one attached hydrogen (secondary N) is 1. The molecule has 0 bridgehead atoms. The van der Waals surface area contributed by atoms with Crippen molar-refractivity contribution in [1.29, 1.82) is 0 Å². The monoisotopic (exact) mass is 287 g/mol. The molecule has 0 heterocycles. The Morgan fingerprint density at radius 1 is 1.30 bits per heavy atom. The van der Waals surface area contributed by atoms with E-state index in [9.17, 15) is 28.5 Å². The topological polar surface area (TPSA) is 115 Å². The quantitative estimate of drug-likeness (QED) is 0.631. The van der Waals surface area contributed by atoms with E-state index in [0.717, 1.165) is 0 Å². The predicted octanol–water partition coefficient (Wildman–Crippen LogP) is 0.867. The molecular formula is C11H11F2N3O4. The van der Waals surface area contributed by atoms with Crippen LogP contribution in [0.1, 0.15) is 24.2 Å². The second-order valence-electron chi connectivity index (χ2n) is 4.48. The Balaban J connectivity index is 3.16. The lowest BCUT2D eigenvalue weighted by atomic mass is 10.0. The molecule has 0 saturated heterocycles. The van der Waals surface area contributed by atoms with E-state index in [1.54, 1.807) is 0 Å². The van der Waals surface area contributed by atoms with Crippen LogP contribution >= 0.6 is 0 Å². The number of hydrogen-bond acceptors (Lipinski definition) is 4. The van der Waals surface area contributed by atoms with Crippen molar-refractivity contribution in [1.82, 2.24) is 5.32 Å². The molecule has 7 nitrogen and oxygen atoms in total. The lowest BCUT2D eigenvalue weighted by Gasteiger charge is -2.22. The number of carbonyl (C=O) groups is 2. The van der Waals surface area contributed by atoms with Crippen molar-refractivity contribution in [3.63, 3.8) is 0 Å². The zero-order chi connectivity index (χ0) is 15.7. The van der Waals surface area contributed by atoms with E-state index in [2.05, 4.69) is 5.32 Å². The standard InChI is InChI=1S/C11H11F2N3O4/c1-11(2,10(14)18)15-9(17)5-3-7(13)8(16(19)20)4-6(5)12/h3-4H,1-2H3,(H2,14,18)(H,15,17). The average molecular weight is 287 g/mol. The molecule has 1 rings (SSSR count). The number of hydrogen-bond donors (Lipinski definition) is 2. The Morgan fingerprint density at radius 2 is 1.85 bits per heavy atom. The first-order valence-electron chi connectivity index (χ1n) is 5.32. The summed E-state index contributed by atoms with van der Waals surface area (Å²) in [5.41, 5.74) is 1.68. The summed E-state index contributed by atoms with van der Waals surface area (Å²) in [7, 11) is 0. The van der Waals surface area contributed by atoms with Gasteiger partial charge in [0.2, 0.25) is 11.7 Å². The third-order valence-electron chi connectivity index (χ3n) is 2.52. The van der Waals surface area contributed by atoms with E-state index in [0.29, 0.717) is 12.1 Å². The van der Waals surface area contributed by atoms with Crippen molar-refractivity contribution in [2.24, 2.45) is 5.73 Å². The van der Waals surface area contributed by atoms with Gasteiger partial charge in [-0.2, -0.15) is 4.39 Å². The second kappa shape index (κ2) is 5.19. The van der Waals surface area contributed by atoms with Crippen molar-refractivity contribution in [2.45, 2.75) is 19.4 Å². The lowest BCUT2D eigenvalue weighted by molar-refractivity contribution is -0.387. The molecule has 2 amide bonds. The van der Waals surface area contributed by atoms with Gasteiger partial charge >= 0.3 is 5.69 Å². The molecular weight excluding hydrogens is 276 g/mol. The molecule has 0 aromatic heterocycles. The van der Waals surface area contributed by atoms with E-state index < -0.39 is 45.2 Å². The van der Waals surface area contributed by atoms with Crippen LogP contribution < -0.4 is 11.1 Å². The van der Waals surface area contributed by atoms with Crippen LogP contribution in [-0.2, 0) is 4.79 Å². The van der Waals surface area contributed by atoms with Crippen LogP contribution in [0.3, 0.4) is 0 Å². The fourth-order valence-corrected chi connectivity index (χ4v) is 1.26. The summed E-state index contributed by atoms with van der Waals surface area (Å²) in [6.45, 7) is 2.54. The maximum atomic E-state index is 13.6. The molecule has 0 unspecified atom stereocenters. The van der Waals surface area contributed by atoms with E-state index in [4.69, 9.17) is 5.73 Å². The number of carbonyl (C=O) groups excluding carboxylic acids is 2. The molecule has 9 heteroatoms. The fourth-order valence-electron chi connectivity index (χ4n) is 1.26. The Hall–Kier alpha value is -2.58. The number of nitro groups is 1. The Kier molecular flexibility index (Phi) is 4.02. The number of nitro benzene ring substituents is 1. The Labute approximate surface area is 111 Å². The zero-order valence-corrected chi connectivity index (χ0v) is 10.6. The Morgan fingerprint density at radius 3 is 2.30 bits per heavy atom. The summed E-state index contributed by atoms with van der Waals surface area (Å²) >= 11 is 0. The third kappa shape index (κ3) is 3.05. The van der Waals surface area contributed by atoms with Crippen LogP contribution in [0.25, 0.3) is 0 Å². The first-order chi connectivity index (χ1) is 9.06. The first kappa shape index (κ1) is 15.5. The van der Waals surface area contributed by atoms with Crippen molar-refractivity contribution >= 4 is 17.5 Å². The molecule has 0 aliphatic carbocycles. The number of halogens is 2. The van der Waals surface area contributed by atoms with Gasteiger partial charge in [0, 0.05) is 0 Å². The van der Waals surface area contributed by atoms with Gasteiger partial charge in [0.1, 0.15) is 11.4 Å². The highest BCUT2D eigenvalue weighted by Crippen LogP contribution is 2.21. The summed E-state index contributed by atoms with van der Waals surface area (Å²) in [4.78, 5) is 32.0. The van der Waals surface area contributed by atoms with Crippen molar-refractivity contribution < 1.29 is 23.3 Å². The number of benzene rings is 1. The lowest BCUT2D eigenvalue weighted by Crippen LogP contribution is -2.53. The van der Waals surface area contributed by atoms with E-state index >= 15 is 0 Å². The van der Waals surface area contributed by atoms with Gasteiger partial charge in [-0.1, -0.05) is 0 Å². The highest BCUT2D eigenvalue weighted by Gasteiger charge is 2.29. The first-order valence-corrected chi connectivity index (χ1v) is 5.32. The van der Waals surface area contributed by atoms with Crippen LogP contribution in [0.5, 0.6) is 0 Å². The number of nitrogens with zero attached hydrogens (tertiary/aromatic N) is 1. The molecule has 0 atom stereocenters. The minimum atomic E-state index is -1.48. The highest BCUT2D eigenvalue weighted by molar-refractivity contribution is 5.98. The van der Waals surface area contributed by atoms with Gasteiger partial charge in [-0.3, -0.25) is 19.7 Å². The molecule has 0 saturated carbocycles. The number of nitrogens with two attached hydrogens (primary N) is 1.